The van der Waals surface area contributed by atoms with Crippen molar-refractivity contribution in [1.29, 1.82) is 0 Å². The molecule has 178 valence electrons. The highest BCUT2D eigenvalue weighted by Gasteiger charge is 2.24. The molecule has 0 saturated carbocycles. The van der Waals surface area contributed by atoms with E-state index >= 15 is 0 Å². The topological polar surface area (TPSA) is 85.6 Å². The van der Waals surface area contributed by atoms with Crippen LogP contribution in [0.15, 0.2) is 33.5 Å². The number of rotatable bonds is 11. The fraction of sp³-hybridized carbons (Fsp3) is 0.375. The normalized spacial score (nSPS) is 10.7. The zero-order valence-electron chi connectivity index (χ0n) is 19.3. The van der Waals surface area contributed by atoms with E-state index in [4.69, 9.17) is 32.8 Å². The third-order valence-electron chi connectivity index (χ3n) is 5.05. The van der Waals surface area contributed by atoms with Crippen molar-refractivity contribution in [3.63, 3.8) is 0 Å². The van der Waals surface area contributed by atoms with Crippen LogP contribution in [0.4, 0.5) is 0 Å². The summed E-state index contributed by atoms with van der Waals surface area (Å²) in [5.41, 5.74) is 0.479. The molecule has 9 heteroatoms. The summed E-state index contributed by atoms with van der Waals surface area (Å²) in [4.78, 5) is 13.6. The molecule has 1 heterocycles. The van der Waals surface area contributed by atoms with E-state index in [0.717, 1.165) is 18.2 Å². The SMILES string of the molecule is COc1cc(OC)c2c(=O)c(OCCCCBr)c(-c3cc(OC)c(OC)c(OC)c3)oc2c1. The Morgan fingerprint density at radius 1 is 0.788 bits per heavy atom. The largest absolute Gasteiger partial charge is 0.496 e. The van der Waals surface area contributed by atoms with E-state index in [-0.39, 0.29) is 22.3 Å². The standard InChI is InChI=1S/C24H27BrO8/c1-27-15-12-16(28-2)20-17(13-15)33-22(24(21(20)26)32-9-7-6-8-25)14-10-18(29-3)23(31-5)19(11-14)30-4/h10-13H,6-9H2,1-5H3. The van der Waals surface area contributed by atoms with Gasteiger partial charge in [-0.2, -0.15) is 0 Å². The number of hydrogen-bond acceptors (Lipinski definition) is 8. The number of fused-ring (bicyclic) bond motifs is 1. The molecule has 0 fully saturated rings. The van der Waals surface area contributed by atoms with Crippen molar-refractivity contribution in [3.8, 4) is 45.8 Å². The number of unbranched alkanes of at least 4 members (excludes halogenated alkanes) is 1. The molecule has 0 saturated heterocycles. The fourth-order valence-electron chi connectivity index (χ4n) is 3.43. The van der Waals surface area contributed by atoms with Gasteiger partial charge in [0.15, 0.2) is 17.3 Å². The minimum absolute atomic E-state index is 0.0785. The van der Waals surface area contributed by atoms with Gasteiger partial charge in [-0.1, -0.05) is 15.9 Å². The average Bonchev–Trinajstić information content (AvgIpc) is 2.85. The van der Waals surface area contributed by atoms with Crippen LogP contribution >= 0.6 is 15.9 Å². The van der Waals surface area contributed by atoms with Crippen molar-refractivity contribution in [2.75, 3.05) is 47.5 Å². The molecule has 0 aliphatic heterocycles. The molecule has 2 aromatic carbocycles. The maximum atomic E-state index is 13.6. The number of halogens is 1. The van der Waals surface area contributed by atoms with E-state index < -0.39 is 0 Å². The summed E-state index contributed by atoms with van der Waals surface area (Å²) >= 11 is 3.41. The first-order valence-electron chi connectivity index (χ1n) is 10.2. The first-order chi connectivity index (χ1) is 16.0. The third kappa shape index (κ3) is 4.98. The molecule has 33 heavy (non-hydrogen) atoms. The Hall–Kier alpha value is -3.07. The predicted molar refractivity (Wildman–Crippen MR) is 129 cm³/mol. The Bertz CT molecular complexity index is 1150. The lowest BCUT2D eigenvalue weighted by Gasteiger charge is -2.16. The summed E-state index contributed by atoms with van der Waals surface area (Å²) in [5.74, 6) is 2.40. The van der Waals surface area contributed by atoms with Gasteiger partial charge in [0.2, 0.25) is 16.9 Å². The van der Waals surface area contributed by atoms with Crippen LogP contribution in [0.1, 0.15) is 12.8 Å². The molecular formula is C24H27BrO8. The number of ether oxygens (including phenoxy) is 6. The molecule has 0 unspecified atom stereocenters. The second kappa shape index (κ2) is 11.2. The number of alkyl halides is 1. The summed E-state index contributed by atoms with van der Waals surface area (Å²) in [6.07, 6.45) is 1.66. The molecule has 3 rings (SSSR count). The van der Waals surface area contributed by atoms with Crippen LogP contribution in [0.5, 0.6) is 34.5 Å². The monoisotopic (exact) mass is 522 g/mol. The lowest BCUT2D eigenvalue weighted by Crippen LogP contribution is -2.12. The maximum absolute atomic E-state index is 13.6. The molecule has 0 amide bonds. The first kappa shape index (κ1) is 24.6. The van der Waals surface area contributed by atoms with Gasteiger partial charge in [0.1, 0.15) is 22.5 Å². The molecule has 0 N–H and O–H groups in total. The second-order valence-corrected chi connectivity index (χ2v) is 7.74. The van der Waals surface area contributed by atoms with Gasteiger partial charge in [-0.05, 0) is 25.0 Å². The van der Waals surface area contributed by atoms with Crippen molar-refractivity contribution in [3.05, 3.63) is 34.5 Å². The number of hydrogen-bond donors (Lipinski definition) is 0. The quantitative estimate of drug-likeness (QED) is 0.255. The second-order valence-electron chi connectivity index (χ2n) is 6.95. The molecule has 8 nitrogen and oxygen atoms in total. The van der Waals surface area contributed by atoms with Crippen molar-refractivity contribution >= 4 is 26.9 Å². The zero-order valence-corrected chi connectivity index (χ0v) is 20.9. The Morgan fingerprint density at radius 3 is 2.00 bits per heavy atom. The van der Waals surface area contributed by atoms with Crippen LogP contribution in [0.25, 0.3) is 22.3 Å². The van der Waals surface area contributed by atoms with E-state index in [9.17, 15) is 4.79 Å². The van der Waals surface area contributed by atoms with Crippen LogP contribution in [-0.2, 0) is 0 Å². The molecule has 3 aromatic rings. The third-order valence-corrected chi connectivity index (χ3v) is 5.61. The molecule has 0 radical (unpaired) electrons. The van der Waals surface area contributed by atoms with Gasteiger partial charge in [0, 0.05) is 23.0 Å². The lowest BCUT2D eigenvalue weighted by molar-refractivity contribution is 0.301. The summed E-state index contributed by atoms with van der Waals surface area (Å²) in [6.45, 7) is 0.345. The van der Waals surface area contributed by atoms with Gasteiger partial charge in [-0.3, -0.25) is 4.79 Å². The van der Waals surface area contributed by atoms with E-state index in [1.165, 1.54) is 35.5 Å². The van der Waals surface area contributed by atoms with E-state index in [1.807, 2.05) is 0 Å². The van der Waals surface area contributed by atoms with E-state index in [2.05, 4.69) is 15.9 Å². The van der Waals surface area contributed by atoms with Crippen molar-refractivity contribution < 1.29 is 32.8 Å². The summed E-state index contributed by atoms with van der Waals surface area (Å²) in [7, 11) is 7.57. The predicted octanol–water partition coefficient (Wildman–Crippen LogP) is 5.06. The maximum Gasteiger partial charge on any atom is 0.239 e. The fourth-order valence-corrected chi connectivity index (χ4v) is 3.82. The molecule has 0 aliphatic carbocycles. The molecule has 0 aliphatic rings. The summed E-state index contributed by atoms with van der Waals surface area (Å²) < 4.78 is 39.3. The van der Waals surface area contributed by atoms with Crippen LogP contribution in [0.2, 0.25) is 0 Å². The van der Waals surface area contributed by atoms with Gasteiger partial charge < -0.3 is 32.8 Å². The Labute approximate surface area is 200 Å². The van der Waals surface area contributed by atoms with Crippen LogP contribution < -0.4 is 33.8 Å². The first-order valence-corrected chi connectivity index (χ1v) is 11.4. The Balaban J connectivity index is 2.32. The minimum atomic E-state index is -0.349. The molecule has 0 atom stereocenters. The number of benzene rings is 2. The van der Waals surface area contributed by atoms with Crippen LogP contribution in [-0.4, -0.2) is 47.5 Å². The molecule has 0 spiro atoms. The average molecular weight is 523 g/mol. The molecular weight excluding hydrogens is 496 g/mol. The van der Waals surface area contributed by atoms with Crippen molar-refractivity contribution in [1.82, 2.24) is 0 Å². The molecule has 1 aromatic heterocycles. The highest BCUT2D eigenvalue weighted by Crippen LogP contribution is 2.44. The Kier molecular flexibility index (Phi) is 8.32. The van der Waals surface area contributed by atoms with Crippen LogP contribution in [0, 0.1) is 0 Å². The van der Waals surface area contributed by atoms with Crippen molar-refractivity contribution in [2.45, 2.75) is 12.8 Å². The van der Waals surface area contributed by atoms with Gasteiger partial charge in [0.25, 0.3) is 0 Å². The number of methoxy groups -OCH3 is 5. The van der Waals surface area contributed by atoms with Gasteiger partial charge in [-0.25, -0.2) is 0 Å². The van der Waals surface area contributed by atoms with Gasteiger partial charge in [-0.15, -0.1) is 0 Å². The summed E-state index contributed by atoms with van der Waals surface area (Å²) in [5, 5.41) is 1.11. The lowest BCUT2D eigenvalue weighted by atomic mass is 10.1. The summed E-state index contributed by atoms with van der Waals surface area (Å²) in [6, 6.07) is 6.67. The highest BCUT2D eigenvalue weighted by molar-refractivity contribution is 9.09. The smallest absolute Gasteiger partial charge is 0.239 e. The Morgan fingerprint density at radius 2 is 1.45 bits per heavy atom. The van der Waals surface area contributed by atoms with Crippen molar-refractivity contribution in [2.24, 2.45) is 0 Å². The zero-order chi connectivity index (χ0) is 24.0. The van der Waals surface area contributed by atoms with E-state index in [1.54, 1.807) is 24.3 Å². The molecule has 0 bridgehead atoms. The van der Waals surface area contributed by atoms with Crippen LogP contribution in [0.3, 0.4) is 0 Å². The minimum Gasteiger partial charge on any atom is -0.496 e. The highest BCUT2D eigenvalue weighted by atomic mass is 79.9. The van der Waals surface area contributed by atoms with Gasteiger partial charge in [0.05, 0.1) is 42.2 Å². The van der Waals surface area contributed by atoms with Gasteiger partial charge >= 0.3 is 0 Å². The van der Waals surface area contributed by atoms with E-state index in [0.29, 0.717) is 46.5 Å².